The predicted molar refractivity (Wildman–Crippen MR) is 169 cm³/mol. The Labute approximate surface area is 264 Å². The van der Waals surface area contributed by atoms with Crippen molar-refractivity contribution in [1.29, 1.82) is 0 Å². The van der Waals surface area contributed by atoms with Crippen LogP contribution in [0.1, 0.15) is 83.4 Å². The van der Waals surface area contributed by atoms with Gasteiger partial charge in [0.2, 0.25) is 17.7 Å². The van der Waals surface area contributed by atoms with Crippen LogP contribution in [0.5, 0.6) is 0 Å². The van der Waals surface area contributed by atoms with E-state index in [1.54, 1.807) is 32.6 Å². The van der Waals surface area contributed by atoms with Gasteiger partial charge in [-0.05, 0) is 75.5 Å². The highest BCUT2D eigenvalue weighted by molar-refractivity contribution is 5.94. The average Bonchev–Trinajstić information content (AvgIpc) is 3.40. The number of carbonyl (C=O) groups excluding carboxylic acids is 4. The van der Waals surface area contributed by atoms with E-state index in [0.717, 1.165) is 11.1 Å². The normalized spacial score (nSPS) is 22.1. The molecule has 2 saturated heterocycles. The third-order valence-corrected chi connectivity index (χ3v) is 8.59. The van der Waals surface area contributed by atoms with Crippen LogP contribution < -0.4 is 10.6 Å². The lowest BCUT2D eigenvalue weighted by molar-refractivity contribution is -0.157. The number of ether oxygens (including phenoxy) is 1. The van der Waals surface area contributed by atoms with E-state index in [0.29, 0.717) is 32.1 Å². The molecule has 240 valence electrons. The Kier molecular flexibility index (Phi) is 11.2. The minimum atomic E-state index is -1.01. The smallest absolute Gasteiger partial charge is 0.307 e. The zero-order chi connectivity index (χ0) is 32.6. The van der Waals surface area contributed by atoms with Crippen molar-refractivity contribution in [1.82, 2.24) is 15.5 Å². The third-order valence-electron chi connectivity index (χ3n) is 8.59. The summed E-state index contributed by atoms with van der Waals surface area (Å²) >= 11 is 0. The summed E-state index contributed by atoms with van der Waals surface area (Å²) in [6, 6.07) is 17.0. The second-order valence-electron chi connectivity index (χ2n) is 12.9. The summed E-state index contributed by atoms with van der Waals surface area (Å²) < 4.78 is 5.42. The van der Waals surface area contributed by atoms with E-state index in [9.17, 15) is 19.2 Å². The van der Waals surface area contributed by atoms with Crippen LogP contribution in [-0.4, -0.2) is 58.9 Å². The fourth-order valence-corrected chi connectivity index (χ4v) is 6.38. The number of carbonyl (C=O) groups is 4. The number of hydrogen-bond acceptors (Lipinski definition) is 6. The molecule has 2 fully saturated rings. The maximum Gasteiger partial charge on any atom is 0.307 e. The Bertz CT molecular complexity index is 1350. The molecule has 0 saturated carbocycles. The topological polar surface area (TPSA) is 154 Å². The van der Waals surface area contributed by atoms with Gasteiger partial charge in [-0.1, -0.05) is 72.7 Å². The van der Waals surface area contributed by atoms with E-state index in [1.165, 1.54) is 0 Å². The van der Waals surface area contributed by atoms with Gasteiger partial charge in [-0.25, -0.2) is 0 Å². The van der Waals surface area contributed by atoms with Crippen LogP contribution in [0.15, 0.2) is 65.8 Å². The van der Waals surface area contributed by atoms with Crippen molar-refractivity contribution < 1.29 is 23.9 Å². The second kappa shape index (κ2) is 15.1. The van der Waals surface area contributed by atoms with Crippen LogP contribution in [-0.2, 0) is 23.9 Å². The quantitative estimate of drug-likeness (QED) is 0.153. The first-order valence-electron chi connectivity index (χ1n) is 15.8. The SMILES string of the molecule is CC[C@H](CC(=O)OC(C)(C)C)C(=O)N[C@@H]1C(=O)N2[C@@H](CC[C@@H]1CN=[N+]=[N-])CC[C@H]2C(=O)NC(c1ccccc1)c1ccccc1. The molecule has 0 spiro atoms. The van der Waals surface area contributed by atoms with Crippen LogP contribution >= 0.6 is 0 Å². The molecule has 2 aliphatic rings. The van der Waals surface area contributed by atoms with E-state index in [1.807, 2.05) is 60.7 Å². The lowest BCUT2D eigenvalue weighted by atomic mass is 9.92. The summed E-state index contributed by atoms with van der Waals surface area (Å²) in [6.07, 6.45) is 2.53. The first-order valence-corrected chi connectivity index (χ1v) is 15.8. The average molecular weight is 617 g/mol. The van der Waals surface area contributed by atoms with Gasteiger partial charge in [0.1, 0.15) is 17.7 Å². The number of benzene rings is 2. The molecule has 0 aromatic heterocycles. The molecule has 2 aromatic carbocycles. The molecule has 2 heterocycles. The Morgan fingerprint density at radius 1 is 1.00 bits per heavy atom. The molecule has 0 bridgehead atoms. The van der Waals surface area contributed by atoms with Crippen LogP contribution in [0, 0.1) is 11.8 Å². The standard InChI is InChI=1S/C34H44N6O5/c1-5-22(20-28(41)45-34(2,3)4)31(42)38-30-25(21-36-39-35)16-17-26-18-19-27(40(26)33(30)44)32(43)37-29(23-12-8-6-9-13-23)24-14-10-7-11-15-24/h6-15,22,25-27,29-30H,5,16-21H2,1-4H3,(H,37,43)(H,38,42)/t22-,25-,26+,27+,30+/m1/s1. The molecule has 0 radical (unpaired) electrons. The summed E-state index contributed by atoms with van der Waals surface area (Å²) in [4.78, 5) is 58.9. The summed E-state index contributed by atoms with van der Waals surface area (Å²) in [7, 11) is 0. The largest absolute Gasteiger partial charge is 0.460 e. The van der Waals surface area contributed by atoms with Crippen LogP contribution in [0.4, 0.5) is 0 Å². The Balaban J connectivity index is 1.57. The fourth-order valence-electron chi connectivity index (χ4n) is 6.38. The highest BCUT2D eigenvalue weighted by atomic mass is 16.6. The van der Waals surface area contributed by atoms with Gasteiger partial charge in [0.15, 0.2) is 0 Å². The summed E-state index contributed by atoms with van der Waals surface area (Å²) in [6.45, 7) is 7.11. The minimum absolute atomic E-state index is 0.0254. The number of nitrogens with zero attached hydrogens (tertiary/aromatic N) is 4. The Hall–Kier alpha value is -4.37. The van der Waals surface area contributed by atoms with Crippen molar-refractivity contribution in [2.24, 2.45) is 17.0 Å². The van der Waals surface area contributed by atoms with Gasteiger partial charge in [-0.2, -0.15) is 0 Å². The molecule has 11 heteroatoms. The van der Waals surface area contributed by atoms with Gasteiger partial charge in [-0.3, -0.25) is 19.2 Å². The van der Waals surface area contributed by atoms with E-state index >= 15 is 0 Å². The Morgan fingerprint density at radius 3 is 2.16 bits per heavy atom. The Morgan fingerprint density at radius 2 is 1.60 bits per heavy atom. The van der Waals surface area contributed by atoms with E-state index in [4.69, 9.17) is 10.3 Å². The predicted octanol–water partition coefficient (Wildman–Crippen LogP) is 5.21. The summed E-state index contributed by atoms with van der Waals surface area (Å²) in [5.74, 6) is -2.73. The molecule has 3 amide bonds. The number of hydrogen-bond donors (Lipinski definition) is 2. The maximum atomic E-state index is 14.3. The van der Waals surface area contributed by atoms with Crippen LogP contribution in [0.3, 0.4) is 0 Å². The molecule has 45 heavy (non-hydrogen) atoms. The van der Waals surface area contributed by atoms with Gasteiger partial charge < -0.3 is 20.3 Å². The highest BCUT2D eigenvalue weighted by Crippen LogP contribution is 2.35. The van der Waals surface area contributed by atoms with Crippen LogP contribution in [0.25, 0.3) is 10.4 Å². The molecule has 2 aromatic rings. The van der Waals surface area contributed by atoms with Crippen molar-refractivity contribution in [3.05, 3.63) is 82.2 Å². The molecule has 5 atom stereocenters. The van der Waals surface area contributed by atoms with Gasteiger partial charge in [0.25, 0.3) is 0 Å². The van der Waals surface area contributed by atoms with Crippen molar-refractivity contribution >= 4 is 23.7 Å². The monoisotopic (exact) mass is 616 g/mol. The van der Waals surface area contributed by atoms with Gasteiger partial charge >= 0.3 is 5.97 Å². The molecule has 4 rings (SSSR count). The molecular weight excluding hydrogens is 572 g/mol. The van der Waals surface area contributed by atoms with Gasteiger partial charge in [0.05, 0.1) is 12.5 Å². The molecular formula is C34H44N6O5. The summed E-state index contributed by atoms with van der Waals surface area (Å²) in [5.41, 5.74) is 10.2. The van der Waals surface area contributed by atoms with E-state index in [2.05, 4.69) is 20.7 Å². The lowest BCUT2D eigenvalue weighted by Crippen LogP contribution is -2.57. The van der Waals surface area contributed by atoms with Crippen molar-refractivity contribution in [3.8, 4) is 0 Å². The minimum Gasteiger partial charge on any atom is -0.460 e. The molecule has 2 aliphatic heterocycles. The number of rotatable bonds is 11. The molecule has 0 aliphatic carbocycles. The first kappa shape index (κ1) is 33.5. The lowest BCUT2D eigenvalue weighted by Gasteiger charge is -2.33. The van der Waals surface area contributed by atoms with Gasteiger partial charge in [0, 0.05) is 23.4 Å². The van der Waals surface area contributed by atoms with Gasteiger partial charge in [-0.15, -0.1) is 0 Å². The second-order valence-corrected chi connectivity index (χ2v) is 12.9. The zero-order valence-electron chi connectivity index (χ0n) is 26.5. The summed E-state index contributed by atoms with van der Waals surface area (Å²) in [5, 5.41) is 9.84. The molecule has 0 unspecified atom stereocenters. The van der Waals surface area contributed by atoms with E-state index < -0.39 is 47.4 Å². The number of azide groups is 1. The van der Waals surface area contributed by atoms with E-state index in [-0.39, 0.29) is 30.8 Å². The third kappa shape index (κ3) is 8.63. The zero-order valence-corrected chi connectivity index (χ0v) is 26.5. The van der Waals surface area contributed by atoms with Crippen molar-refractivity contribution in [3.63, 3.8) is 0 Å². The number of nitrogens with one attached hydrogen (secondary N) is 2. The first-order chi connectivity index (χ1) is 21.5. The number of fused-ring (bicyclic) bond motifs is 1. The van der Waals surface area contributed by atoms with Crippen LogP contribution in [0.2, 0.25) is 0 Å². The van der Waals surface area contributed by atoms with Crippen molar-refractivity contribution in [2.45, 2.75) is 96.0 Å². The number of esters is 1. The maximum absolute atomic E-state index is 14.3. The van der Waals surface area contributed by atoms with Crippen molar-refractivity contribution in [2.75, 3.05) is 6.54 Å². The molecule has 11 nitrogen and oxygen atoms in total. The fraction of sp³-hybridized carbons (Fsp3) is 0.529. The highest BCUT2D eigenvalue weighted by Gasteiger charge is 2.48. The molecule has 2 N–H and O–H groups in total. The number of amides is 3.